The highest BCUT2D eigenvalue weighted by Crippen LogP contribution is 2.03. The first-order valence-electron chi connectivity index (χ1n) is 5.79. The maximum Gasteiger partial charge on any atom is 0.141 e. The molecule has 1 rings (SSSR count). The Balaban J connectivity index is 2.56. The fraction of sp³-hybridized carbons (Fsp3) is 0.818. The van der Waals surface area contributed by atoms with Gasteiger partial charge in [-0.05, 0) is 19.9 Å². The van der Waals surface area contributed by atoms with Gasteiger partial charge >= 0.3 is 0 Å². The van der Waals surface area contributed by atoms with Crippen LogP contribution in [-0.2, 0) is 13.1 Å². The lowest BCUT2D eigenvalue weighted by Crippen LogP contribution is -2.33. The van der Waals surface area contributed by atoms with Gasteiger partial charge in [-0.25, -0.2) is 9.67 Å². The molecule has 2 N–H and O–H groups in total. The Bertz CT molecular complexity index is 305. The van der Waals surface area contributed by atoms with Crippen LogP contribution in [0.3, 0.4) is 0 Å². The number of rotatable bonds is 6. The highest BCUT2D eigenvalue weighted by Gasteiger charge is 2.09. The van der Waals surface area contributed by atoms with Gasteiger partial charge in [0.1, 0.15) is 12.2 Å². The zero-order valence-corrected chi connectivity index (χ0v) is 10.7. The molecule has 0 aromatic carbocycles. The standard InChI is InChI=1S/C11H23N5/c1-9(2)5-16-11(13-8-14-16)7-15(4)6-10(3)12/h8-10H,5-7,12H2,1-4H3. The second-order valence-corrected chi connectivity index (χ2v) is 4.93. The molecule has 0 bridgehead atoms. The Morgan fingerprint density at radius 2 is 2.12 bits per heavy atom. The van der Waals surface area contributed by atoms with Gasteiger partial charge in [0.2, 0.25) is 0 Å². The summed E-state index contributed by atoms with van der Waals surface area (Å²) in [5, 5.41) is 4.24. The first-order chi connectivity index (χ1) is 7.49. The van der Waals surface area contributed by atoms with Gasteiger partial charge in [0, 0.05) is 19.1 Å². The minimum Gasteiger partial charge on any atom is -0.327 e. The number of nitrogens with two attached hydrogens (primary N) is 1. The summed E-state index contributed by atoms with van der Waals surface area (Å²) in [7, 11) is 2.05. The highest BCUT2D eigenvalue weighted by molar-refractivity contribution is 4.84. The summed E-state index contributed by atoms with van der Waals surface area (Å²) in [5.41, 5.74) is 5.76. The molecule has 92 valence electrons. The zero-order valence-electron chi connectivity index (χ0n) is 10.7. The molecule has 0 aliphatic rings. The van der Waals surface area contributed by atoms with Gasteiger partial charge in [-0.3, -0.25) is 4.90 Å². The van der Waals surface area contributed by atoms with Gasteiger partial charge in [-0.15, -0.1) is 0 Å². The quantitative estimate of drug-likeness (QED) is 0.774. The Kier molecular flexibility index (Phi) is 4.89. The van der Waals surface area contributed by atoms with E-state index in [1.54, 1.807) is 6.33 Å². The van der Waals surface area contributed by atoms with Crippen molar-refractivity contribution in [2.24, 2.45) is 11.7 Å². The number of hydrogen-bond acceptors (Lipinski definition) is 4. The van der Waals surface area contributed by atoms with Crippen LogP contribution in [-0.4, -0.2) is 39.3 Å². The third-order valence-corrected chi connectivity index (χ3v) is 2.24. The zero-order chi connectivity index (χ0) is 12.1. The lowest BCUT2D eigenvalue weighted by Gasteiger charge is -2.18. The fourth-order valence-electron chi connectivity index (χ4n) is 1.71. The van der Waals surface area contributed by atoms with Gasteiger partial charge in [-0.2, -0.15) is 5.10 Å². The second kappa shape index (κ2) is 5.96. The van der Waals surface area contributed by atoms with Crippen molar-refractivity contribution in [3.63, 3.8) is 0 Å². The molecule has 16 heavy (non-hydrogen) atoms. The van der Waals surface area contributed by atoms with Crippen LogP contribution in [0, 0.1) is 5.92 Å². The maximum atomic E-state index is 5.76. The summed E-state index contributed by atoms with van der Waals surface area (Å²) in [5.74, 6) is 1.59. The highest BCUT2D eigenvalue weighted by atomic mass is 15.3. The summed E-state index contributed by atoms with van der Waals surface area (Å²) in [6.07, 6.45) is 1.62. The lowest BCUT2D eigenvalue weighted by atomic mass is 10.2. The van der Waals surface area contributed by atoms with Crippen molar-refractivity contribution >= 4 is 0 Å². The van der Waals surface area contributed by atoms with Crippen molar-refractivity contribution in [3.8, 4) is 0 Å². The van der Waals surface area contributed by atoms with Crippen molar-refractivity contribution < 1.29 is 0 Å². The van der Waals surface area contributed by atoms with E-state index in [1.165, 1.54) is 0 Å². The molecule has 1 heterocycles. The van der Waals surface area contributed by atoms with E-state index < -0.39 is 0 Å². The number of nitrogens with zero attached hydrogens (tertiary/aromatic N) is 4. The third kappa shape index (κ3) is 4.28. The third-order valence-electron chi connectivity index (χ3n) is 2.24. The molecule has 1 aromatic heterocycles. The molecular formula is C11H23N5. The Morgan fingerprint density at radius 3 is 2.69 bits per heavy atom. The Hall–Kier alpha value is -0.940. The van der Waals surface area contributed by atoms with Gasteiger partial charge < -0.3 is 5.73 Å². The molecule has 0 aliphatic carbocycles. The summed E-state index contributed by atoms with van der Waals surface area (Å²) in [4.78, 5) is 6.46. The van der Waals surface area contributed by atoms with Crippen molar-refractivity contribution in [3.05, 3.63) is 12.2 Å². The van der Waals surface area contributed by atoms with E-state index in [1.807, 2.05) is 11.6 Å². The van der Waals surface area contributed by atoms with E-state index >= 15 is 0 Å². The van der Waals surface area contributed by atoms with Gasteiger partial charge in [-0.1, -0.05) is 13.8 Å². The molecule has 0 amide bonds. The molecule has 0 aliphatic heterocycles. The van der Waals surface area contributed by atoms with Crippen LogP contribution < -0.4 is 5.73 Å². The number of hydrogen-bond donors (Lipinski definition) is 1. The molecule has 5 heteroatoms. The van der Waals surface area contributed by atoms with Crippen molar-refractivity contribution in [1.82, 2.24) is 19.7 Å². The predicted octanol–water partition coefficient (Wildman–Crippen LogP) is 0.713. The lowest BCUT2D eigenvalue weighted by molar-refractivity contribution is 0.292. The van der Waals surface area contributed by atoms with Gasteiger partial charge in [0.05, 0.1) is 6.54 Å². The van der Waals surface area contributed by atoms with Crippen LogP contribution in [0.15, 0.2) is 6.33 Å². The topological polar surface area (TPSA) is 60.0 Å². The van der Waals surface area contributed by atoms with Crippen LogP contribution in [0.1, 0.15) is 26.6 Å². The molecule has 0 fully saturated rings. The van der Waals surface area contributed by atoms with Crippen molar-refractivity contribution in [2.75, 3.05) is 13.6 Å². The molecule has 1 aromatic rings. The smallest absolute Gasteiger partial charge is 0.141 e. The number of aromatic nitrogens is 3. The van der Waals surface area contributed by atoms with Crippen molar-refractivity contribution in [2.45, 2.75) is 39.9 Å². The van der Waals surface area contributed by atoms with Gasteiger partial charge in [0.25, 0.3) is 0 Å². The monoisotopic (exact) mass is 225 g/mol. The second-order valence-electron chi connectivity index (χ2n) is 4.93. The molecule has 0 spiro atoms. The first kappa shape index (κ1) is 13.1. The van der Waals surface area contributed by atoms with E-state index in [0.29, 0.717) is 5.92 Å². The summed E-state index contributed by atoms with van der Waals surface area (Å²) in [6, 6.07) is 0.187. The van der Waals surface area contributed by atoms with Crippen LogP contribution in [0.25, 0.3) is 0 Å². The molecule has 5 nitrogen and oxygen atoms in total. The van der Waals surface area contributed by atoms with Crippen LogP contribution >= 0.6 is 0 Å². The van der Waals surface area contributed by atoms with E-state index in [0.717, 1.165) is 25.5 Å². The molecule has 1 atom stereocenters. The van der Waals surface area contributed by atoms with Crippen LogP contribution in [0.5, 0.6) is 0 Å². The van der Waals surface area contributed by atoms with Crippen LogP contribution in [0.2, 0.25) is 0 Å². The van der Waals surface area contributed by atoms with E-state index in [-0.39, 0.29) is 6.04 Å². The van der Waals surface area contributed by atoms with E-state index in [9.17, 15) is 0 Å². The minimum absolute atomic E-state index is 0.187. The van der Waals surface area contributed by atoms with Gasteiger partial charge in [0.15, 0.2) is 0 Å². The molecule has 1 unspecified atom stereocenters. The van der Waals surface area contributed by atoms with Crippen LogP contribution in [0.4, 0.5) is 0 Å². The first-order valence-corrected chi connectivity index (χ1v) is 5.79. The summed E-state index contributed by atoms with van der Waals surface area (Å²) in [6.45, 7) is 8.95. The normalized spacial score (nSPS) is 13.7. The molecule has 0 saturated carbocycles. The fourth-order valence-corrected chi connectivity index (χ4v) is 1.71. The summed E-state index contributed by atoms with van der Waals surface area (Å²) >= 11 is 0. The molecule has 0 radical (unpaired) electrons. The molecular weight excluding hydrogens is 202 g/mol. The van der Waals surface area contributed by atoms with E-state index in [4.69, 9.17) is 5.73 Å². The summed E-state index contributed by atoms with van der Waals surface area (Å²) < 4.78 is 1.97. The largest absolute Gasteiger partial charge is 0.327 e. The Morgan fingerprint density at radius 1 is 1.44 bits per heavy atom. The average Bonchev–Trinajstić information content (AvgIpc) is 2.50. The Labute approximate surface area is 97.6 Å². The number of likely N-dealkylation sites (N-methyl/N-ethyl adjacent to an activating group) is 1. The average molecular weight is 225 g/mol. The molecule has 0 saturated heterocycles. The van der Waals surface area contributed by atoms with E-state index in [2.05, 4.69) is 35.9 Å². The minimum atomic E-state index is 0.187. The SMILES string of the molecule is CC(C)Cn1ncnc1CN(C)CC(C)N. The van der Waals surface area contributed by atoms with Crippen molar-refractivity contribution in [1.29, 1.82) is 0 Å². The maximum absolute atomic E-state index is 5.76. The predicted molar refractivity (Wildman–Crippen MR) is 64.8 cm³/mol.